The maximum absolute atomic E-state index is 4.09. The molecule has 0 saturated heterocycles. The van der Waals surface area contributed by atoms with Crippen LogP contribution in [0.5, 0.6) is 0 Å². The van der Waals surface area contributed by atoms with E-state index in [1.165, 1.54) is 15.6 Å². The van der Waals surface area contributed by atoms with Crippen molar-refractivity contribution in [1.29, 1.82) is 0 Å². The Balaban J connectivity index is 1.80. The van der Waals surface area contributed by atoms with Crippen LogP contribution in [0.15, 0.2) is 42.0 Å². The predicted molar refractivity (Wildman–Crippen MR) is 74.7 cm³/mol. The second kappa shape index (κ2) is 3.61. The van der Waals surface area contributed by atoms with Gasteiger partial charge >= 0.3 is 0 Å². The molecule has 4 rings (SSSR count). The topological polar surface area (TPSA) is 56.5 Å². The molecule has 2 aromatic heterocycles. The van der Waals surface area contributed by atoms with Gasteiger partial charge in [-0.1, -0.05) is 0 Å². The highest BCUT2D eigenvalue weighted by Crippen LogP contribution is 2.40. The van der Waals surface area contributed by atoms with Gasteiger partial charge in [-0.3, -0.25) is 15.2 Å². The van der Waals surface area contributed by atoms with Crippen molar-refractivity contribution in [2.45, 2.75) is 0 Å². The van der Waals surface area contributed by atoms with Crippen molar-refractivity contribution in [2.75, 3.05) is 5.32 Å². The fourth-order valence-corrected chi connectivity index (χ4v) is 3.03. The van der Waals surface area contributed by atoms with Crippen LogP contribution in [-0.2, 0) is 0 Å². The van der Waals surface area contributed by atoms with Crippen LogP contribution in [0.25, 0.3) is 21.3 Å². The van der Waals surface area contributed by atoms with Crippen LogP contribution >= 0.6 is 11.3 Å². The molecule has 3 N–H and O–H groups in total. The van der Waals surface area contributed by atoms with Crippen molar-refractivity contribution >= 4 is 32.9 Å². The van der Waals surface area contributed by atoms with E-state index in [0.717, 1.165) is 17.2 Å². The third-order valence-corrected chi connectivity index (χ3v) is 3.89. The Labute approximate surface area is 107 Å². The van der Waals surface area contributed by atoms with Crippen LogP contribution in [-0.4, -0.2) is 15.2 Å². The number of hydrogen-bond acceptors (Lipinski definition) is 3. The number of rotatable bonds is 2. The molecule has 1 aliphatic carbocycles. The lowest BCUT2D eigenvalue weighted by molar-refractivity contribution is 1.11. The molecule has 2 aromatic rings. The summed E-state index contributed by atoms with van der Waals surface area (Å²) < 4.78 is 1.31. The molecule has 0 fully saturated rings. The molecule has 18 heavy (non-hydrogen) atoms. The molecule has 0 amide bonds. The Morgan fingerprint density at radius 3 is 3.11 bits per heavy atom. The number of thiophene rings is 1. The van der Waals surface area contributed by atoms with Crippen molar-refractivity contribution in [3.05, 3.63) is 42.0 Å². The zero-order valence-electron chi connectivity index (χ0n) is 9.40. The molecule has 5 heteroatoms. The van der Waals surface area contributed by atoms with Crippen LogP contribution < -0.4 is 5.32 Å². The summed E-state index contributed by atoms with van der Waals surface area (Å²) in [5, 5.41) is 13.1. The Morgan fingerprint density at radius 1 is 1.22 bits per heavy atom. The van der Waals surface area contributed by atoms with Gasteiger partial charge in [0.05, 0.1) is 17.6 Å². The third kappa shape index (κ3) is 1.34. The summed E-state index contributed by atoms with van der Waals surface area (Å²) in [6.07, 6.45) is 3.57. The minimum Gasteiger partial charge on any atom is -0.339 e. The molecule has 0 bridgehead atoms. The first-order chi connectivity index (χ1) is 8.92. The average molecular weight is 254 g/mol. The fraction of sp³-hybridized carbons (Fsp3) is 0. The highest BCUT2D eigenvalue weighted by Gasteiger charge is 2.17. The number of aromatic nitrogens is 3. The molecule has 88 valence electrons. The minimum absolute atomic E-state index is 0.971. The number of fused-ring (bicyclic) bond motifs is 3. The van der Waals surface area contributed by atoms with Crippen molar-refractivity contribution in [1.82, 2.24) is 15.2 Å². The largest absolute Gasteiger partial charge is 0.339 e. The Kier molecular flexibility index (Phi) is 1.95. The van der Waals surface area contributed by atoms with Gasteiger partial charge in [-0.25, -0.2) is 0 Å². The molecule has 1 aliphatic heterocycles. The lowest BCUT2D eigenvalue weighted by Crippen LogP contribution is -1.91. The lowest BCUT2D eigenvalue weighted by atomic mass is 10.2. The van der Waals surface area contributed by atoms with Gasteiger partial charge in [-0.05, 0) is 29.6 Å². The Bertz CT molecular complexity index is 765. The number of aromatic amines is 2. The highest BCUT2D eigenvalue weighted by molar-refractivity contribution is 7.17. The Hall–Kier alpha value is -2.27. The molecule has 0 atom stereocenters. The number of nitrogens with one attached hydrogen (secondary N) is 3. The zero-order chi connectivity index (χ0) is 11.9. The normalized spacial score (nSPS) is 11.3. The van der Waals surface area contributed by atoms with Crippen molar-refractivity contribution in [3.8, 4) is 11.3 Å². The van der Waals surface area contributed by atoms with E-state index in [0.29, 0.717) is 0 Å². The predicted octanol–water partition coefficient (Wildman–Crippen LogP) is 3.80. The lowest BCUT2D eigenvalue weighted by Gasteiger charge is -2.03. The highest BCUT2D eigenvalue weighted by atomic mass is 32.1. The van der Waals surface area contributed by atoms with E-state index < -0.39 is 0 Å². The van der Waals surface area contributed by atoms with Crippen molar-refractivity contribution in [2.24, 2.45) is 0 Å². The van der Waals surface area contributed by atoms with Gasteiger partial charge in [-0.2, -0.15) is 0 Å². The molecular weight excluding hydrogens is 244 g/mol. The van der Waals surface area contributed by atoms with E-state index in [9.17, 15) is 0 Å². The van der Waals surface area contributed by atoms with Gasteiger partial charge in [0, 0.05) is 21.8 Å². The maximum Gasteiger partial charge on any atom is 0.132 e. The quantitative estimate of drug-likeness (QED) is 0.509. The van der Waals surface area contributed by atoms with E-state index in [1.54, 1.807) is 23.7 Å². The second-order valence-electron chi connectivity index (χ2n) is 4.12. The molecule has 0 radical (unpaired) electrons. The number of pyridine rings is 1. The van der Waals surface area contributed by atoms with E-state index in [2.05, 4.69) is 38.0 Å². The number of hydrogen-bond donors (Lipinski definition) is 3. The molecule has 3 heterocycles. The SMILES string of the molecule is c1cncc(Nc2[nH][nH]c3c4ccsc4cc2-3)c1. The maximum atomic E-state index is 4.09. The van der Waals surface area contributed by atoms with Crippen LogP contribution in [0.1, 0.15) is 0 Å². The van der Waals surface area contributed by atoms with Crippen LogP contribution in [0.2, 0.25) is 0 Å². The van der Waals surface area contributed by atoms with E-state index in [1.807, 2.05) is 12.1 Å². The smallest absolute Gasteiger partial charge is 0.132 e. The second-order valence-corrected chi connectivity index (χ2v) is 5.07. The average Bonchev–Trinajstić information content (AvgIpc) is 3.04. The molecule has 4 nitrogen and oxygen atoms in total. The molecule has 0 unspecified atom stereocenters. The molecule has 2 aliphatic rings. The summed E-state index contributed by atoms with van der Waals surface area (Å²) in [7, 11) is 0. The van der Waals surface area contributed by atoms with Crippen LogP contribution in [0.4, 0.5) is 11.5 Å². The van der Waals surface area contributed by atoms with Gasteiger partial charge in [-0.15, -0.1) is 11.3 Å². The Morgan fingerprint density at radius 2 is 2.22 bits per heavy atom. The molecule has 0 saturated carbocycles. The first-order valence-corrected chi connectivity index (χ1v) is 6.53. The number of nitrogens with zero attached hydrogens (tertiary/aromatic N) is 1. The van der Waals surface area contributed by atoms with E-state index >= 15 is 0 Å². The summed E-state index contributed by atoms with van der Waals surface area (Å²) in [5.74, 6) is 0.974. The van der Waals surface area contributed by atoms with Crippen molar-refractivity contribution < 1.29 is 0 Å². The summed E-state index contributed by atoms with van der Waals surface area (Å²) in [5.41, 5.74) is 3.30. The van der Waals surface area contributed by atoms with Gasteiger partial charge in [0.25, 0.3) is 0 Å². The zero-order valence-corrected chi connectivity index (χ0v) is 10.2. The number of anilines is 2. The van der Waals surface area contributed by atoms with Gasteiger partial charge in [0.1, 0.15) is 5.82 Å². The van der Waals surface area contributed by atoms with Crippen LogP contribution in [0, 0.1) is 0 Å². The minimum atomic E-state index is 0.971. The molecular formula is C13H10N4S. The van der Waals surface area contributed by atoms with E-state index in [4.69, 9.17) is 0 Å². The molecule has 0 aromatic carbocycles. The van der Waals surface area contributed by atoms with Crippen molar-refractivity contribution in [3.63, 3.8) is 0 Å². The summed E-state index contributed by atoms with van der Waals surface area (Å²) >= 11 is 1.76. The van der Waals surface area contributed by atoms with Crippen LogP contribution in [0.3, 0.4) is 0 Å². The standard InChI is InChI=1S/C13H10N4S/c1-2-8(7-14-4-1)15-13-10-6-11-9(3-5-18-11)12(10)16-17-13/h1-7,15-17H. The fourth-order valence-electron chi connectivity index (χ4n) is 2.19. The first-order valence-electron chi connectivity index (χ1n) is 5.65. The summed E-state index contributed by atoms with van der Waals surface area (Å²) in [6.45, 7) is 0. The summed E-state index contributed by atoms with van der Waals surface area (Å²) in [6, 6.07) is 8.24. The van der Waals surface area contributed by atoms with Gasteiger partial charge in [0.2, 0.25) is 0 Å². The van der Waals surface area contributed by atoms with Gasteiger partial charge < -0.3 is 5.32 Å². The monoisotopic (exact) mass is 254 g/mol. The first kappa shape index (κ1) is 9.73. The van der Waals surface area contributed by atoms with E-state index in [-0.39, 0.29) is 0 Å². The number of H-pyrrole nitrogens is 2. The molecule has 0 spiro atoms. The third-order valence-electron chi connectivity index (χ3n) is 3.02. The summed E-state index contributed by atoms with van der Waals surface area (Å²) in [4.78, 5) is 4.09. The van der Waals surface area contributed by atoms with Gasteiger partial charge in [0.15, 0.2) is 0 Å².